The van der Waals surface area contributed by atoms with Crippen LogP contribution in [0.4, 0.5) is 0 Å². The summed E-state index contributed by atoms with van der Waals surface area (Å²) in [5, 5.41) is 3.16. The van der Waals surface area contributed by atoms with Gasteiger partial charge in [0.1, 0.15) is 5.75 Å². The van der Waals surface area contributed by atoms with Crippen LogP contribution in [-0.2, 0) is 0 Å². The van der Waals surface area contributed by atoms with E-state index in [4.69, 9.17) is 4.74 Å². The number of hydrogen-bond donors (Lipinski definition) is 1. The number of benzene rings is 1. The van der Waals surface area contributed by atoms with Crippen molar-refractivity contribution in [2.75, 3.05) is 13.7 Å². The predicted octanol–water partition coefficient (Wildman–Crippen LogP) is 2.71. The van der Waals surface area contributed by atoms with E-state index in [0.717, 1.165) is 5.75 Å². The van der Waals surface area contributed by atoms with Crippen molar-refractivity contribution in [3.05, 3.63) is 35.9 Å². The topological polar surface area (TPSA) is 21.3 Å². The number of hydrogen-bond acceptors (Lipinski definition) is 2. The summed E-state index contributed by atoms with van der Waals surface area (Å²) in [6.07, 6.45) is 4.24. The van der Waals surface area contributed by atoms with Crippen LogP contribution in [0.3, 0.4) is 0 Å². The van der Waals surface area contributed by atoms with Crippen molar-refractivity contribution in [2.24, 2.45) is 0 Å². The van der Waals surface area contributed by atoms with Gasteiger partial charge in [0, 0.05) is 6.04 Å². The minimum atomic E-state index is 0.400. The second-order valence-electron chi connectivity index (χ2n) is 3.44. The summed E-state index contributed by atoms with van der Waals surface area (Å²) >= 11 is 0. The highest BCUT2D eigenvalue weighted by Crippen LogP contribution is 2.13. The fourth-order valence-electron chi connectivity index (χ4n) is 1.19. The molecule has 0 aliphatic carbocycles. The highest BCUT2D eigenvalue weighted by molar-refractivity contribution is 5.51. The average Bonchev–Trinajstić information content (AvgIpc) is 2.28. The van der Waals surface area contributed by atoms with Crippen LogP contribution in [-0.4, -0.2) is 19.7 Å². The molecule has 1 aromatic carbocycles. The maximum absolute atomic E-state index is 5.37. The van der Waals surface area contributed by atoms with Gasteiger partial charge < -0.3 is 10.1 Å². The molecular weight excluding hydrogens is 186 g/mol. The summed E-state index contributed by atoms with van der Waals surface area (Å²) in [6, 6.07) is 8.50. The largest absolute Gasteiger partial charge is 0.494 e. The number of likely N-dealkylation sites (N-methyl/N-ethyl adjacent to an activating group) is 1. The molecule has 1 N–H and O–H groups in total. The van der Waals surface area contributed by atoms with Crippen molar-refractivity contribution in [3.63, 3.8) is 0 Å². The van der Waals surface area contributed by atoms with Gasteiger partial charge in [0.25, 0.3) is 0 Å². The number of nitrogens with one attached hydrogen (secondary N) is 1. The molecule has 1 aromatic rings. The lowest BCUT2D eigenvalue weighted by atomic mass is 10.2. The Hall–Kier alpha value is -1.28. The third-order valence-electron chi connectivity index (χ3n) is 2.22. The highest BCUT2D eigenvalue weighted by atomic mass is 16.5. The third-order valence-corrected chi connectivity index (χ3v) is 2.22. The summed E-state index contributed by atoms with van der Waals surface area (Å²) in [4.78, 5) is 0. The van der Waals surface area contributed by atoms with Gasteiger partial charge in [-0.05, 0) is 38.6 Å². The molecule has 0 aliphatic rings. The Morgan fingerprint density at radius 2 is 2.00 bits per heavy atom. The zero-order chi connectivity index (χ0) is 11.1. The maximum atomic E-state index is 5.37. The first-order valence-electron chi connectivity index (χ1n) is 5.34. The predicted molar refractivity (Wildman–Crippen MR) is 65.2 cm³/mol. The van der Waals surface area contributed by atoms with Crippen LogP contribution in [0.1, 0.15) is 19.4 Å². The first kappa shape index (κ1) is 11.8. The molecule has 0 saturated carbocycles. The zero-order valence-corrected chi connectivity index (χ0v) is 9.66. The van der Waals surface area contributed by atoms with Crippen molar-refractivity contribution in [1.82, 2.24) is 5.32 Å². The number of rotatable bonds is 5. The van der Waals surface area contributed by atoms with Gasteiger partial charge in [-0.2, -0.15) is 0 Å². The van der Waals surface area contributed by atoms with Crippen LogP contribution < -0.4 is 10.1 Å². The van der Waals surface area contributed by atoms with Gasteiger partial charge >= 0.3 is 0 Å². The Bertz CT molecular complexity index is 303. The second kappa shape index (κ2) is 6.25. The van der Waals surface area contributed by atoms with Gasteiger partial charge in [-0.25, -0.2) is 0 Å². The summed E-state index contributed by atoms with van der Waals surface area (Å²) in [7, 11) is 1.95. The molecule has 0 bridgehead atoms. The fourth-order valence-corrected chi connectivity index (χ4v) is 1.19. The van der Waals surface area contributed by atoms with Crippen LogP contribution in [0.15, 0.2) is 30.3 Å². The Morgan fingerprint density at radius 1 is 1.33 bits per heavy atom. The highest BCUT2D eigenvalue weighted by Gasteiger charge is 1.93. The molecule has 0 spiro atoms. The molecule has 2 heteroatoms. The first-order chi connectivity index (χ1) is 7.26. The summed E-state index contributed by atoms with van der Waals surface area (Å²) in [5.74, 6) is 0.927. The normalized spacial score (nSPS) is 13.0. The molecule has 1 unspecified atom stereocenters. The molecule has 15 heavy (non-hydrogen) atoms. The van der Waals surface area contributed by atoms with Gasteiger partial charge in [0.15, 0.2) is 0 Å². The smallest absolute Gasteiger partial charge is 0.119 e. The Morgan fingerprint density at radius 3 is 2.53 bits per heavy atom. The van der Waals surface area contributed by atoms with E-state index in [9.17, 15) is 0 Å². The molecule has 0 heterocycles. The third kappa shape index (κ3) is 4.17. The molecule has 0 saturated heterocycles. The van der Waals surface area contributed by atoms with E-state index in [2.05, 4.69) is 36.5 Å². The van der Waals surface area contributed by atoms with E-state index in [1.54, 1.807) is 0 Å². The molecule has 0 fully saturated rings. The van der Waals surface area contributed by atoms with Crippen LogP contribution in [0.2, 0.25) is 0 Å². The van der Waals surface area contributed by atoms with Crippen molar-refractivity contribution in [1.29, 1.82) is 0 Å². The lowest BCUT2D eigenvalue weighted by molar-refractivity contribution is 0.340. The van der Waals surface area contributed by atoms with Gasteiger partial charge in [-0.1, -0.05) is 24.3 Å². The molecular formula is C13H19NO. The minimum absolute atomic E-state index is 0.400. The van der Waals surface area contributed by atoms with Crippen molar-refractivity contribution >= 4 is 6.08 Å². The molecule has 0 aromatic heterocycles. The monoisotopic (exact) mass is 205 g/mol. The van der Waals surface area contributed by atoms with Crippen LogP contribution >= 0.6 is 0 Å². The average molecular weight is 205 g/mol. The minimum Gasteiger partial charge on any atom is -0.494 e. The lowest BCUT2D eigenvalue weighted by Gasteiger charge is -2.04. The van der Waals surface area contributed by atoms with Gasteiger partial charge in [0.2, 0.25) is 0 Å². The van der Waals surface area contributed by atoms with Crippen molar-refractivity contribution in [2.45, 2.75) is 19.9 Å². The second-order valence-corrected chi connectivity index (χ2v) is 3.44. The molecule has 1 atom stereocenters. The summed E-state index contributed by atoms with van der Waals surface area (Å²) in [5.41, 5.74) is 1.19. The van der Waals surface area contributed by atoms with Crippen molar-refractivity contribution in [3.8, 4) is 5.75 Å². The Labute approximate surface area is 92.0 Å². The fraction of sp³-hybridized carbons (Fsp3) is 0.385. The molecule has 0 radical (unpaired) electrons. The van der Waals surface area contributed by atoms with Gasteiger partial charge in [0.05, 0.1) is 6.61 Å². The zero-order valence-electron chi connectivity index (χ0n) is 9.66. The molecule has 0 amide bonds. The van der Waals surface area contributed by atoms with E-state index in [0.29, 0.717) is 12.6 Å². The standard InChI is InChI=1S/C13H19NO/c1-4-15-13-9-7-12(8-10-13)6-5-11(2)14-3/h5-11,14H,4H2,1-3H3. The molecule has 0 aliphatic heterocycles. The summed E-state index contributed by atoms with van der Waals surface area (Å²) in [6.45, 7) is 4.82. The first-order valence-corrected chi connectivity index (χ1v) is 5.34. The van der Waals surface area contributed by atoms with Crippen LogP contribution in [0, 0.1) is 0 Å². The Balaban J connectivity index is 2.60. The Kier molecular flexibility index (Phi) is 4.91. The van der Waals surface area contributed by atoms with Gasteiger partial charge in [-0.15, -0.1) is 0 Å². The van der Waals surface area contributed by atoms with E-state index in [1.165, 1.54) is 5.56 Å². The van der Waals surface area contributed by atoms with Crippen LogP contribution in [0.5, 0.6) is 5.75 Å². The maximum Gasteiger partial charge on any atom is 0.119 e. The molecule has 82 valence electrons. The molecule has 1 rings (SSSR count). The lowest BCUT2D eigenvalue weighted by Crippen LogP contribution is -2.17. The van der Waals surface area contributed by atoms with Crippen LogP contribution in [0.25, 0.3) is 6.08 Å². The quantitative estimate of drug-likeness (QED) is 0.798. The SMILES string of the molecule is CCOc1ccc(C=CC(C)NC)cc1. The van der Waals surface area contributed by atoms with Gasteiger partial charge in [-0.3, -0.25) is 0 Å². The van der Waals surface area contributed by atoms with E-state index >= 15 is 0 Å². The van der Waals surface area contributed by atoms with E-state index < -0.39 is 0 Å². The molecule has 2 nitrogen and oxygen atoms in total. The van der Waals surface area contributed by atoms with E-state index in [-0.39, 0.29) is 0 Å². The van der Waals surface area contributed by atoms with Crippen molar-refractivity contribution < 1.29 is 4.74 Å². The summed E-state index contributed by atoms with van der Waals surface area (Å²) < 4.78 is 5.37. The van der Waals surface area contributed by atoms with E-state index in [1.807, 2.05) is 26.1 Å². The number of ether oxygens (including phenoxy) is 1.